The predicted octanol–water partition coefficient (Wildman–Crippen LogP) is 2.20. The Labute approximate surface area is 112 Å². The lowest BCUT2D eigenvalue weighted by Gasteiger charge is -2.22. The molecule has 1 aromatic rings. The van der Waals surface area contributed by atoms with E-state index in [2.05, 4.69) is 10.3 Å². The van der Waals surface area contributed by atoms with Gasteiger partial charge in [-0.2, -0.15) is 13.2 Å². The van der Waals surface area contributed by atoms with Gasteiger partial charge >= 0.3 is 18.2 Å². The number of halogens is 3. The van der Waals surface area contributed by atoms with E-state index in [1.54, 1.807) is 0 Å². The van der Waals surface area contributed by atoms with Crippen molar-refractivity contribution in [3.63, 3.8) is 0 Å². The fraction of sp³-hybridized carbons (Fsp3) is 0.364. The minimum absolute atomic E-state index is 0.161. The van der Waals surface area contributed by atoms with Crippen LogP contribution in [-0.2, 0) is 0 Å². The molecule has 0 spiro atoms. The van der Waals surface area contributed by atoms with E-state index in [1.807, 2.05) is 0 Å². The Morgan fingerprint density at radius 3 is 2.60 bits per heavy atom. The molecule has 0 atom stereocenters. The van der Waals surface area contributed by atoms with E-state index < -0.39 is 30.4 Å². The standard InChI is InChI=1S/C11H12F3N3O3/c1-2-17(6-11(12,13)14)10(20)16-7-4-3-5-15-8(7)9(18)19/h3-5H,2,6H2,1H3,(H,16,20)(H,18,19). The van der Waals surface area contributed by atoms with Crippen LogP contribution in [0.25, 0.3) is 0 Å². The van der Waals surface area contributed by atoms with Gasteiger partial charge in [0, 0.05) is 12.7 Å². The summed E-state index contributed by atoms with van der Waals surface area (Å²) in [6.07, 6.45) is -3.33. The predicted molar refractivity (Wildman–Crippen MR) is 63.5 cm³/mol. The number of aromatic carboxylic acids is 1. The number of carbonyl (C=O) groups excluding carboxylic acids is 1. The highest BCUT2D eigenvalue weighted by molar-refractivity contribution is 5.98. The van der Waals surface area contributed by atoms with Gasteiger partial charge in [-0.1, -0.05) is 0 Å². The Bertz CT molecular complexity index is 505. The molecule has 0 unspecified atom stereocenters. The second-order valence-corrected chi connectivity index (χ2v) is 3.76. The number of alkyl halides is 3. The molecule has 110 valence electrons. The molecule has 0 aromatic carbocycles. The number of amides is 2. The van der Waals surface area contributed by atoms with Crippen molar-refractivity contribution in [2.45, 2.75) is 13.1 Å². The quantitative estimate of drug-likeness (QED) is 0.891. The van der Waals surface area contributed by atoms with Crippen LogP contribution in [0.4, 0.5) is 23.7 Å². The Kier molecular flexibility index (Phi) is 4.89. The smallest absolute Gasteiger partial charge is 0.406 e. The number of carboxylic acid groups (broad SMARTS) is 1. The average Bonchev–Trinajstić information content (AvgIpc) is 2.35. The number of urea groups is 1. The number of pyridine rings is 1. The summed E-state index contributed by atoms with van der Waals surface area (Å²) in [6, 6.07) is 1.57. The summed E-state index contributed by atoms with van der Waals surface area (Å²) in [6.45, 7) is -0.210. The van der Waals surface area contributed by atoms with Gasteiger partial charge in [0.1, 0.15) is 6.54 Å². The molecule has 2 amide bonds. The van der Waals surface area contributed by atoms with Crippen LogP contribution in [0.5, 0.6) is 0 Å². The summed E-state index contributed by atoms with van der Waals surface area (Å²) in [5.74, 6) is -1.39. The van der Waals surface area contributed by atoms with E-state index in [9.17, 15) is 22.8 Å². The van der Waals surface area contributed by atoms with Gasteiger partial charge in [0.15, 0.2) is 5.69 Å². The van der Waals surface area contributed by atoms with Gasteiger partial charge in [-0.25, -0.2) is 14.6 Å². The number of carbonyl (C=O) groups is 2. The monoisotopic (exact) mass is 291 g/mol. The molecule has 9 heteroatoms. The fourth-order valence-corrected chi connectivity index (χ4v) is 1.41. The Hall–Kier alpha value is -2.32. The molecule has 1 heterocycles. The first-order valence-electron chi connectivity index (χ1n) is 5.55. The highest BCUT2D eigenvalue weighted by Crippen LogP contribution is 2.18. The Balaban J connectivity index is 2.87. The fourth-order valence-electron chi connectivity index (χ4n) is 1.41. The zero-order chi connectivity index (χ0) is 15.3. The van der Waals surface area contributed by atoms with Crippen LogP contribution in [0.2, 0.25) is 0 Å². The zero-order valence-electron chi connectivity index (χ0n) is 10.4. The van der Waals surface area contributed by atoms with E-state index in [0.717, 1.165) is 0 Å². The summed E-state index contributed by atoms with van der Waals surface area (Å²) < 4.78 is 36.8. The lowest BCUT2D eigenvalue weighted by Crippen LogP contribution is -2.41. The molecule has 2 N–H and O–H groups in total. The molecule has 0 radical (unpaired) electrons. The van der Waals surface area contributed by atoms with Crippen molar-refractivity contribution >= 4 is 17.7 Å². The summed E-state index contributed by atoms with van der Waals surface area (Å²) in [5.41, 5.74) is -0.602. The van der Waals surface area contributed by atoms with Crippen molar-refractivity contribution in [2.75, 3.05) is 18.4 Å². The molecule has 0 aliphatic carbocycles. The maximum Gasteiger partial charge on any atom is 0.406 e. The number of hydrogen-bond acceptors (Lipinski definition) is 3. The van der Waals surface area contributed by atoms with Gasteiger partial charge in [0.2, 0.25) is 0 Å². The number of hydrogen-bond donors (Lipinski definition) is 2. The van der Waals surface area contributed by atoms with E-state index in [-0.39, 0.29) is 12.2 Å². The molecule has 20 heavy (non-hydrogen) atoms. The number of nitrogens with one attached hydrogen (secondary N) is 1. The van der Waals surface area contributed by atoms with Gasteiger partial charge < -0.3 is 15.3 Å². The molecular formula is C11H12F3N3O3. The van der Waals surface area contributed by atoms with Crippen LogP contribution in [0.3, 0.4) is 0 Å². The van der Waals surface area contributed by atoms with Crippen molar-refractivity contribution in [1.82, 2.24) is 9.88 Å². The zero-order valence-corrected chi connectivity index (χ0v) is 10.4. The van der Waals surface area contributed by atoms with Crippen LogP contribution in [0.1, 0.15) is 17.4 Å². The van der Waals surface area contributed by atoms with Crippen molar-refractivity contribution in [1.29, 1.82) is 0 Å². The maximum atomic E-state index is 12.3. The number of anilines is 1. The topological polar surface area (TPSA) is 82.5 Å². The second kappa shape index (κ2) is 6.22. The first kappa shape index (κ1) is 15.7. The summed E-state index contributed by atoms with van der Waals surface area (Å²) in [4.78, 5) is 26.6. The molecule has 0 fully saturated rings. The highest BCUT2D eigenvalue weighted by atomic mass is 19.4. The average molecular weight is 291 g/mol. The van der Waals surface area contributed by atoms with E-state index >= 15 is 0 Å². The van der Waals surface area contributed by atoms with Gasteiger partial charge in [-0.05, 0) is 19.1 Å². The highest BCUT2D eigenvalue weighted by Gasteiger charge is 2.32. The van der Waals surface area contributed by atoms with Crippen LogP contribution < -0.4 is 5.32 Å². The van der Waals surface area contributed by atoms with Crippen LogP contribution in [0, 0.1) is 0 Å². The number of carboxylic acids is 1. The summed E-state index contributed by atoms with van der Waals surface area (Å²) >= 11 is 0. The van der Waals surface area contributed by atoms with Crippen LogP contribution >= 0.6 is 0 Å². The molecule has 0 saturated carbocycles. The van der Waals surface area contributed by atoms with Gasteiger partial charge in [-0.15, -0.1) is 0 Å². The molecular weight excluding hydrogens is 279 g/mol. The first-order valence-corrected chi connectivity index (χ1v) is 5.55. The molecule has 0 bridgehead atoms. The van der Waals surface area contributed by atoms with Crippen LogP contribution in [0.15, 0.2) is 18.3 Å². The molecule has 0 aliphatic rings. The number of nitrogens with zero attached hydrogens (tertiary/aromatic N) is 2. The number of rotatable bonds is 4. The van der Waals surface area contributed by atoms with Crippen molar-refractivity contribution in [3.05, 3.63) is 24.0 Å². The molecule has 0 saturated heterocycles. The van der Waals surface area contributed by atoms with Crippen molar-refractivity contribution < 1.29 is 27.9 Å². The first-order chi connectivity index (χ1) is 9.24. The van der Waals surface area contributed by atoms with Gasteiger partial charge in [0.05, 0.1) is 5.69 Å². The SMILES string of the molecule is CCN(CC(F)(F)F)C(=O)Nc1cccnc1C(=O)O. The third kappa shape index (κ3) is 4.41. The minimum atomic E-state index is -4.53. The van der Waals surface area contributed by atoms with Crippen LogP contribution in [-0.4, -0.2) is 46.3 Å². The largest absolute Gasteiger partial charge is 0.476 e. The van der Waals surface area contributed by atoms with Crippen molar-refractivity contribution in [2.24, 2.45) is 0 Å². The van der Waals surface area contributed by atoms with Gasteiger partial charge in [0.25, 0.3) is 0 Å². The van der Waals surface area contributed by atoms with Gasteiger partial charge in [-0.3, -0.25) is 0 Å². The minimum Gasteiger partial charge on any atom is -0.476 e. The van der Waals surface area contributed by atoms with E-state index in [0.29, 0.717) is 4.90 Å². The van der Waals surface area contributed by atoms with E-state index in [1.165, 1.54) is 25.3 Å². The second-order valence-electron chi connectivity index (χ2n) is 3.76. The Morgan fingerprint density at radius 2 is 2.10 bits per heavy atom. The molecule has 1 rings (SSSR count). The Morgan fingerprint density at radius 1 is 1.45 bits per heavy atom. The molecule has 1 aromatic heterocycles. The third-order valence-electron chi connectivity index (χ3n) is 2.29. The molecule has 6 nitrogen and oxygen atoms in total. The maximum absolute atomic E-state index is 12.3. The number of aromatic nitrogens is 1. The van der Waals surface area contributed by atoms with E-state index in [4.69, 9.17) is 5.11 Å². The van der Waals surface area contributed by atoms with Crippen molar-refractivity contribution in [3.8, 4) is 0 Å². The normalized spacial score (nSPS) is 11.0. The lowest BCUT2D eigenvalue weighted by molar-refractivity contribution is -0.139. The third-order valence-corrected chi connectivity index (χ3v) is 2.29. The lowest BCUT2D eigenvalue weighted by atomic mass is 10.3. The summed E-state index contributed by atoms with van der Waals surface area (Å²) in [7, 11) is 0. The summed E-state index contributed by atoms with van der Waals surface area (Å²) in [5, 5.41) is 11.0. The molecule has 0 aliphatic heterocycles.